The Morgan fingerprint density at radius 3 is 2.21 bits per heavy atom. The van der Waals surface area contributed by atoms with Gasteiger partial charge in [-0.05, 0) is 61.6 Å². The highest BCUT2D eigenvalue weighted by Crippen LogP contribution is 2.46. The molecule has 29 heavy (non-hydrogen) atoms. The molecule has 5 nitrogen and oxygen atoms in total. The van der Waals surface area contributed by atoms with Crippen LogP contribution in [0.2, 0.25) is 5.15 Å². The van der Waals surface area contributed by atoms with E-state index in [4.69, 9.17) is 11.6 Å². The van der Waals surface area contributed by atoms with Crippen LogP contribution in [0.3, 0.4) is 0 Å². The number of nitrogens with one attached hydrogen (secondary N) is 1. The molecule has 11 heteroatoms. The van der Waals surface area contributed by atoms with Gasteiger partial charge >= 0.3 is 6.18 Å². The topological polar surface area (TPSA) is 88.4 Å². The highest BCUT2D eigenvalue weighted by atomic mass is 127. The Kier molecular flexibility index (Phi) is 7.39. The van der Waals surface area contributed by atoms with Crippen LogP contribution in [0.15, 0.2) is 30.3 Å². The minimum absolute atomic E-state index is 0.186. The summed E-state index contributed by atoms with van der Waals surface area (Å²) in [6.45, 7) is 2.92. The van der Waals surface area contributed by atoms with Crippen LogP contribution in [0.5, 0.6) is 5.75 Å². The summed E-state index contributed by atoms with van der Waals surface area (Å²) in [6.07, 6.45) is -5.12. The van der Waals surface area contributed by atoms with Crippen molar-refractivity contribution in [3.05, 3.63) is 44.6 Å². The maximum Gasteiger partial charge on any atom is 0.417 e. The van der Waals surface area contributed by atoms with Crippen molar-refractivity contribution in [2.45, 2.75) is 37.2 Å². The molecule has 0 saturated carbocycles. The second-order valence-electron chi connectivity index (χ2n) is 7.24. The zero-order valence-corrected chi connectivity index (χ0v) is 19.4. The van der Waals surface area contributed by atoms with Crippen LogP contribution in [0.4, 0.5) is 13.2 Å². The summed E-state index contributed by atoms with van der Waals surface area (Å²) in [6, 6.07) is 7.32. The number of rotatable bonds is 5. The second-order valence-corrected chi connectivity index (χ2v) is 10.8. The molecule has 2 rings (SSSR count). The lowest BCUT2D eigenvalue weighted by molar-refractivity contribution is -0.205. The molecule has 0 saturated heterocycles. The number of pyridine rings is 1. The number of alkyl halides is 3. The number of halogens is 5. The van der Waals surface area contributed by atoms with Crippen LogP contribution in [-0.4, -0.2) is 37.3 Å². The molecule has 160 valence electrons. The first kappa shape index (κ1) is 24.5. The van der Waals surface area contributed by atoms with Crippen molar-refractivity contribution >= 4 is 45.6 Å². The minimum Gasteiger partial charge on any atom is -0.598 e. The molecule has 0 amide bonds. The first-order valence-corrected chi connectivity index (χ1v) is 10.9. The Labute approximate surface area is 188 Å². The van der Waals surface area contributed by atoms with Gasteiger partial charge in [-0.1, -0.05) is 23.7 Å². The highest BCUT2D eigenvalue weighted by Gasteiger charge is 2.61. The number of nitrogens with zero attached hydrogens (tertiary/aromatic N) is 1. The van der Waals surface area contributed by atoms with Crippen LogP contribution >= 0.6 is 34.2 Å². The fraction of sp³-hybridized carbons (Fsp3) is 0.389. The third-order valence-electron chi connectivity index (χ3n) is 4.08. The van der Waals surface area contributed by atoms with Crippen molar-refractivity contribution in [3.8, 4) is 17.0 Å². The van der Waals surface area contributed by atoms with Crippen molar-refractivity contribution < 1.29 is 27.9 Å². The van der Waals surface area contributed by atoms with Crippen molar-refractivity contribution in [1.82, 2.24) is 9.71 Å². The molecular formula is C18H19ClF3IN2O3S. The molecule has 2 atom stereocenters. The van der Waals surface area contributed by atoms with Gasteiger partial charge in [-0.15, -0.1) is 4.72 Å². The van der Waals surface area contributed by atoms with E-state index in [1.807, 2.05) is 4.72 Å². The molecule has 0 radical (unpaired) electrons. The molecular weight excluding hydrogens is 544 g/mol. The summed E-state index contributed by atoms with van der Waals surface area (Å²) in [5, 5.41) is 20.2. The van der Waals surface area contributed by atoms with Gasteiger partial charge in [0.25, 0.3) is 0 Å². The predicted octanol–water partition coefficient (Wildman–Crippen LogP) is 4.51. The zero-order valence-electron chi connectivity index (χ0n) is 15.6. The maximum atomic E-state index is 14.2. The normalized spacial score (nSPS) is 15.8. The van der Waals surface area contributed by atoms with Gasteiger partial charge in [-0.3, -0.25) is 0 Å². The molecule has 0 aliphatic heterocycles. The summed E-state index contributed by atoms with van der Waals surface area (Å²) < 4.78 is 56.8. The standard InChI is InChI=1S/C18H19ClF3IN2O3S/c1-16(2,3)29(28)25-17(9-26,18(20,21)22)12-8-13(19)24-14(15(12)27)10-4-6-11(23)7-5-10/h4-8,25-27H,9H2,1-3H3/t17-,29?/m0/s1. The van der Waals surface area contributed by atoms with E-state index in [0.29, 0.717) is 5.56 Å². The fourth-order valence-corrected chi connectivity index (χ4v) is 3.89. The molecule has 1 heterocycles. The summed E-state index contributed by atoms with van der Waals surface area (Å²) in [5.41, 5.74) is -3.84. The molecule has 0 fully saturated rings. The lowest BCUT2D eigenvalue weighted by Crippen LogP contribution is -2.61. The van der Waals surface area contributed by atoms with E-state index in [1.54, 1.807) is 24.3 Å². The molecule has 0 aliphatic rings. The molecule has 0 aliphatic carbocycles. The number of benzene rings is 1. The largest absolute Gasteiger partial charge is 0.598 e. The number of aliphatic hydroxyl groups excluding tert-OH is 1. The van der Waals surface area contributed by atoms with Crippen LogP contribution in [0, 0.1) is 3.57 Å². The van der Waals surface area contributed by atoms with Gasteiger partial charge in [0.2, 0.25) is 5.54 Å². The molecule has 3 N–H and O–H groups in total. The number of aromatic nitrogens is 1. The van der Waals surface area contributed by atoms with E-state index in [9.17, 15) is 27.9 Å². The van der Waals surface area contributed by atoms with E-state index < -0.39 is 45.7 Å². The van der Waals surface area contributed by atoms with E-state index in [-0.39, 0.29) is 10.8 Å². The van der Waals surface area contributed by atoms with Gasteiger partial charge in [-0.25, -0.2) is 4.98 Å². The third kappa shape index (κ3) is 5.10. The Bertz CT molecular complexity index is 878. The average Bonchev–Trinajstić information content (AvgIpc) is 2.60. The van der Waals surface area contributed by atoms with E-state index in [2.05, 4.69) is 27.6 Å². The Morgan fingerprint density at radius 2 is 1.76 bits per heavy atom. The number of hydrogen-bond acceptors (Lipinski definition) is 5. The third-order valence-corrected chi connectivity index (χ3v) is 6.64. The summed E-state index contributed by atoms with van der Waals surface area (Å²) in [5.74, 6) is -0.819. The van der Waals surface area contributed by atoms with E-state index in [0.717, 1.165) is 9.64 Å². The predicted molar refractivity (Wildman–Crippen MR) is 115 cm³/mol. The summed E-state index contributed by atoms with van der Waals surface area (Å²) in [4.78, 5) is 3.95. The molecule has 0 spiro atoms. The molecule has 0 bridgehead atoms. The van der Waals surface area contributed by atoms with Gasteiger partial charge in [0, 0.05) is 26.1 Å². The van der Waals surface area contributed by atoms with Crippen LogP contribution in [0.25, 0.3) is 11.3 Å². The lowest BCUT2D eigenvalue weighted by Gasteiger charge is -2.38. The van der Waals surface area contributed by atoms with E-state index >= 15 is 0 Å². The van der Waals surface area contributed by atoms with Gasteiger partial charge in [0.15, 0.2) is 0 Å². The van der Waals surface area contributed by atoms with Crippen molar-refractivity contribution in [3.63, 3.8) is 0 Å². The molecule has 2 aromatic rings. The van der Waals surface area contributed by atoms with Crippen molar-refractivity contribution in [1.29, 1.82) is 0 Å². The average molecular weight is 563 g/mol. The first-order valence-electron chi connectivity index (χ1n) is 8.26. The second kappa shape index (κ2) is 8.75. The van der Waals surface area contributed by atoms with Gasteiger partial charge < -0.3 is 14.8 Å². The monoisotopic (exact) mass is 562 g/mol. The SMILES string of the molecule is CC(C)(C)[S+]([O-])N[C@@](CO)(c1cc(Cl)nc(-c2ccc(I)cc2)c1O)C(F)(F)F. The van der Waals surface area contributed by atoms with Crippen LogP contribution < -0.4 is 4.72 Å². The molecule has 1 unspecified atom stereocenters. The smallest absolute Gasteiger partial charge is 0.417 e. The molecule has 1 aromatic heterocycles. The van der Waals surface area contributed by atoms with Crippen molar-refractivity contribution in [2.24, 2.45) is 0 Å². The maximum absolute atomic E-state index is 14.2. The number of aromatic hydroxyl groups is 1. The Balaban J connectivity index is 2.75. The summed E-state index contributed by atoms with van der Waals surface area (Å²) in [7, 11) is 0. The van der Waals surface area contributed by atoms with Gasteiger partial charge in [-0.2, -0.15) is 13.2 Å². The van der Waals surface area contributed by atoms with E-state index in [1.165, 1.54) is 20.8 Å². The molecule has 1 aromatic carbocycles. The Morgan fingerprint density at radius 1 is 1.21 bits per heavy atom. The number of aliphatic hydroxyl groups is 1. The zero-order chi connectivity index (χ0) is 22.2. The Hall–Kier alpha value is -0.790. The van der Waals surface area contributed by atoms with Crippen LogP contribution in [0.1, 0.15) is 26.3 Å². The lowest BCUT2D eigenvalue weighted by atomic mass is 9.89. The quantitative estimate of drug-likeness (QED) is 0.284. The first-order chi connectivity index (χ1) is 13.2. The highest BCUT2D eigenvalue weighted by molar-refractivity contribution is 14.1. The summed E-state index contributed by atoms with van der Waals surface area (Å²) >= 11 is 5.79. The van der Waals surface area contributed by atoms with Gasteiger partial charge in [0.05, 0.1) is 6.61 Å². The number of hydrogen-bond donors (Lipinski definition) is 3. The van der Waals surface area contributed by atoms with Gasteiger partial charge in [0.1, 0.15) is 21.3 Å². The van der Waals surface area contributed by atoms with Crippen LogP contribution in [-0.2, 0) is 16.9 Å². The minimum atomic E-state index is -5.12. The van der Waals surface area contributed by atoms with Crippen molar-refractivity contribution in [2.75, 3.05) is 6.61 Å². The fourth-order valence-electron chi connectivity index (χ4n) is 2.43.